The number of esters is 2. The maximum absolute atomic E-state index is 11.8. The van der Waals surface area contributed by atoms with Crippen LogP contribution in [0.25, 0.3) is 0 Å². The average Bonchev–Trinajstić information content (AvgIpc) is 2.41. The SMILES string of the molecule is C#CCC(C/C=C(/C)CO)(C(=O)OC)C(=O)OC. The number of carbonyl (C=O) groups is 2. The van der Waals surface area contributed by atoms with Crippen LogP contribution < -0.4 is 0 Å². The van der Waals surface area contributed by atoms with E-state index < -0.39 is 17.4 Å². The van der Waals surface area contributed by atoms with Gasteiger partial charge in [0.05, 0.1) is 20.8 Å². The standard InChI is InChI=1S/C13H18O5/c1-5-7-13(11(15)17-3,12(16)18-4)8-6-10(2)9-14/h1,6,14H,7-9H2,2-4H3/b10-6-. The molecule has 0 amide bonds. The molecule has 5 heteroatoms. The van der Waals surface area contributed by atoms with E-state index in [1.54, 1.807) is 13.0 Å². The van der Waals surface area contributed by atoms with Gasteiger partial charge in [0.25, 0.3) is 0 Å². The first-order valence-electron chi connectivity index (χ1n) is 5.35. The lowest BCUT2D eigenvalue weighted by atomic mass is 9.80. The van der Waals surface area contributed by atoms with Crippen molar-refractivity contribution in [1.29, 1.82) is 0 Å². The van der Waals surface area contributed by atoms with E-state index in [0.717, 1.165) is 0 Å². The van der Waals surface area contributed by atoms with Crippen LogP contribution in [0.15, 0.2) is 11.6 Å². The lowest BCUT2D eigenvalue weighted by molar-refractivity contribution is -0.168. The van der Waals surface area contributed by atoms with Gasteiger partial charge in [-0.3, -0.25) is 9.59 Å². The smallest absolute Gasteiger partial charge is 0.324 e. The summed E-state index contributed by atoms with van der Waals surface area (Å²) in [6, 6.07) is 0. The molecule has 5 nitrogen and oxygen atoms in total. The van der Waals surface area contributed by atoms with E-state index in [0.29, 0.717) is 5.57 Å². The topological polar surface area (TPSA) is 72.8 Å². The predicted molar refractivity (Wildman–Crippen MR) is 65.4 cm³/mol. The van der Waals surface area contributed by atoms with Gasteiger partial charge >= 0.3 is 11.9 Å². The van der Waals surface area contributed by atoms with Crippen LogP contribution in [-0.4, -0.2) is 37.9 Å². The molecule has 0 saturated carbocycles. The van der Waals surface area contributed by atoms with Crippen LogP contribution in [0.2, 0.25) is 0 Å². The van der Waals surface area contributed by atoms with Crippen molar-refractivity contribution in [1.82, 2.24) is 0 Å². The number of aliphatic hydroxyl groups is 1. The number of aliphatic hydroxyl groups excluding tert-OH is 1. The Bertz CT molecular complexity index is 359. The molecular formula is C13H18O5. The monoisotopic (exact) mass is 254 g/mol. The second-order valence-corrected chi connectivity index (χ2v) is 3.86. The Labute approximate surface area is 107 Å². The van der Waals surface area contributed by atoms with Gasteiger partial charge in [0.1, 0.15) is 0 Å². The summed E-state index contributed by atoms with van der Waals surface area (Å²) in [6.07, 6.45) is 6.68. The molecule has 0 spiro atoms. The highest BCUT2D eigenvalue weighted by Crippen LogP contribution is 2.31. The number of carbonyl (C=O) groups excluding carboxylic acids is 2. The molecule has 0 aliphatic rings. The van der Waals surface area contributed by atoms with Crippen LogP contribution in [-0.2, 0) is 19.1 Å². The zero-order chi connectivity index (χ0) is 14.2. The van der Waals surface area contributed by atoms with Crippen molar-refractivity contribution in [2.24, 2.45) is 5.41 Å². The quantitative estimate of drug-likeness (QED) is 0.326. The molecule has 0 aromatic carbocycles. The van der Waals surface area contributed by atoms with Crippen molar-refractivity contribution < 1.29 is 24.2 Å². The maximum atomic E-state index is 11.8. The van der Waals surface area contributed by atoms with E-state index in [1.165, 1.54) is 14.2 Å². The number of rotatable bonds is 6. The highest BCUT2D eigenvalue weighted by atomic mass is 16.5. The molecule has 0 aliphatic carbocycles. The van der Waals surface area contributed by atoms with Crippen LogP contribution in [0, 0.1) is 17.8 Å². The Morgan fingerprint density at radius 3 is 2.17 bits per heavy atom. The van der Waals surface area contributed by atoms with Gasteiger partial charge in [-0.05, 0) is 13.3 Å². The third kappa shape index (κ3) is 3.60. The zero-order valence-corrected chi connectivity index (χ0v) is 10.9. The van der Waals surface area contributed by atoms with Gasteiger partial charge < -0.3 is 14.6 Å². The van der Waals surface area contributed by atoms with Crippen LogP contribution in [0.1, 0.15) is 19.8 Å². The number of terminal acetylenes is 1. The fraction of sp³-hybridized carbons (Fsp3) is 0.538. The minimum atomic E-state index is -1.55. The first-order valence-corrected chi connectivity index (χ1v) is 5.35. The molecule has 100 valence electrons. The Morgan fingerprint density at radius 1 is 1.33 bits per heavy atom. The first kappa shape index (κ1) is 16.2. The van der Waals surface area contributed by atoms with Crippen molar-refractivity contribution in [3.05, 3.63) is 11.6 Å². The molecule has 0 aliphatic heterocycles. The van der Waals surface area contributed by atoms with E-state index in [9.17, 15) is 9.59 Å². The van der Waals surface area contributed by atoms with Gasteiger partial charge in [0.15, 0.2) is 5.41 Å². The van der Waals surface area contributed by atoms with Crippen LogP contribution in [0.3, 0.4) is 0 Å². The van der Waals surface area contributed by atoms with E-state index in [2.05, 4.69) is 15.4 Å². The molecule has 0 aromatic rings. The average molecular weight is 254 g/mol. The first-order chi connectivity index (χ1) is 8.48. The summed E-state index contributed by atoms with van der Waals surface area (Å²) in [5.74, 6) is 0.805. The number of hydrogen-bond donors (Lipinski definition) is 1. The highest BCUT2D eigenvalue weighted by Gasteiger charge is 2.47. The third-order valence-corrected chi connectivity index (χ3v) is 2.60. The molecule has 0 unspecified atom stereocenters. The lowest BCUT2D eigenvalue weighted by Crippen LogP contribution is -2.40. The van der Waals surface area contributed by atoms with E-state index in [1.807, 2.05) is 0 Å². The van der Waals surface area contributed by atoms with Crippen molar-refractivity contribution in [2.45, 2.75) is 19.8 Å². The Balaban J connectivity index is 5.41. The van der Waals surface area contributed by atoms with Crippen molar-refractivity contribution in [2.75, 3.05) is 20.8 Å². The van der Waals surface area contributed by atoms with E-state index in [-0.39, 0.29) is 19.4 Å². The minimum absolute atomic E-state index is 0.0307. The minimum Gasteiger partial charge on any atom is -0.468 e. The van der Waals surface area contributed by atoms with Gasteiger partial charge in [-0.25, -0.2) is 0 Å². The molecule has 0 atom stereocenters. The van der Waals surface area contributed by atoms with Crippen molar-refractivity contribution in [3.8, 4) is 12.3 Å². The van der Waals surface area contributed by atoms with Gasteiger partial charge in [0.2, 0.25) is 0 Å². The van der Waals surface area contributed by atoms with E-state index in [4.69, 9.17) is 11.5 Å². The fourth-order valence-corrected chi connectivity index (χ4v) is 1.44. The second-order valence-electron chi connectivity index (χ2n) is 3.86. The van der Waals surface area contributed by atoms with Gasteiger partial charge in [-0.2, -0.15) is 0 Å². The molecule has 18 heavy (non-hydrogen) atoms. The molecule has 0 radical (unpaired) electrons. The molecule has 0 rings (SSSR count). The summed E-state index contributed by atoms with van der Waals surface area (Å²) in [5, 5.41) is 8.91. The highest BCUT2D eigenvalue weighted by molar-refractivity contribution is 6.00. The zero-order valence-electron chi connectivity index (χ0n) is 10.9. The second kappa shape index (κ2) is 7.51. The lowest BCUT2D eigenvalue weighted by Gasteiger charge is -2.25. The normalized spacial score (nSPS) is 11.6. The number of methoxy groups -OCH3 is 2. The predicted octanol–water partition coefficient (Wildman–Crippen LogP) is 0.671. The number of allylic oxidation sites excluding steroid dienone is 1. The summed E-state index contributed by atoms with van der Waals surface area (Å²) in [4.78, 5) is 23.6. The molecule has 0 bridgehead atoms. The molecule has 0 aromatic heterocycles. The van der Waals surface area contributed by atoms with E-state index >= 15 is 0 Å². The third-order valence-electron chi connectivity index (χ3n) is 2.60. The molecule has 1 N–H and O–H groups in total. The largest absolute Gasteiger partial charge is 0.468 e. The van der Waals surface area contributed by atoms with Crippen molar-refractivity contribution in [3.63, 3.8) is 0 Å². The Hall–Kier alpha value is -1.80. The Morgan fingerprint density at radius 2 is 1.83 bits per heavy atom. The number of ether oxygens (including phenoxy) is 2. The van der Waals surface area contributed by atoms with Gasteiger partial charge in [0, 0.05) is 6.42 Å². The summed E-state index contributed by atoms with van der Waals surface area (Å²) in [5.41, 5.74) is -0.918. The van der Waals surface area contributed by atoms with Gasteiger partial charge in [-0.15, -0.1) is 12.3 Å². The van der Waals surface area contributed by atoms with Gasteiger partial charge in [-0.1, -0.05) is 11.6 Å². The van der Waals surface area contributed by atoms with Crippen LogP contribution in [0.5, 0.6) is 0 Å². The van der Waals surface area contributed by atoms with Crippen LogP contribution >= 0.6 is 0 Å². The molecule has 0 heterocycles. The maximum Gasteiger partial charge on any atom is 0.324 e. The summed E-state index contributed by atoms with van der Waals surface area (Å²) >= 11 is 0. The Kier molecular flexibility index (Phi) is 6.76. The number of hydrogen-bond acceptors (Lipinski definition) is 5. The van der Waals surface area contributed by atoms with Crippen LogP contribution in [0.4, 0.5) is 0 Å². The van der Waals surface area contributed by atoms with Crippen molar-refractivity contribution >= 4 is 11.9 Å². The summed E-state index contributed by atoms with van der Waals surface area (Å²) in [6.45, 7) is 1.52. The fourth-order valence-electron chi connectivity index (χ4n) is 1.44. The summed E-state index contributed by atoms with van der Waals surface area (Å²) < 4.78 is 9.26. The summed E-state index contributed by atoms with van der Waals surface area (Å²) in [7, 11) is 2.36. The molecular weight excluding hydrogens is 236 g/mol. The molecule has 0 fully saturated rings. The molecule has 0 saturated heterocycles.